The number of carbonyl (C=O) groups excluding carboxylic acids is 1. The summed E-state index contributed by atoms with van der Waals surface area (Å²) in [6.07, 6.45) is 1.58. The normalized spacial score (nSPS) is 10.8. The van der Waals surface area contributed by atoms with Gasteiger partial charge in [-0.1, -0.05) is 29.8 Å². The fourth-order valence-corrected chi connectivity index (χ4v) is 3.73. The van der Waals surface area contributed by atoms with Gasteiger partial charge in [0, 0.05) is 16.5 Å². The van der Waals surface area contributed by atoms with Crippen LogP contribution in [0.2, 0.25) is 5.15 Å². The lowest BCUT2D eigenvalue weighted by Gasteiger charge is -2.10. The molecule has 6 heteroatoms. The fraction of sp³-hybridized carbons (Fsp3) is 0.0500. The minimum absolute atomic E-state index is 0.243. The van der Waals surface area contributed by atoms with Crippen LogP contribution in [0.4, 0.5) is 5.69 Å². The molecule has 3 heterocycles. The molecule has 1 N–H and O–H groups in total. The number of nitrogens with zero attached hydrogens (tertiary/aromatic N) is 2. The van der Waals surface area contributed by atoms with Crippen LogP contribution >= 0.6 is 22.9 Å². The van der Waals surface area contributed by atoms with Gasteiger partial charge in [0.2, 0.25) is 0 Å². The summed E-state index contributed by atoms with van der Waals surface area (Å²) < 4.78 is 0. The Labute approximate surface area is 159 Å². The van der Waals surface area contributed by atoms with E-state index >= 15 is 0 Å². The van der Waals surface area contributed by atoms with Crippen LogP contribution in [0.25, 0.3) is 21.5 Å². The van der Waals surface area contributed by atoms with E-state index in [0.717, 1.165) is 21.5 Å². The number of carbonyl (C=O) groups is 1. The van der Waals surface area contributed by atoms with Crippen molar-refractivity contribution in [3.05, 3.63) is 76.4 Å². The first kappa shape index (κ1) is 16.7. The van der Waals surface area contributed by atoms with Crippen molar-refractivity contribution in [1.29, 1.82) is 0 Å². The van der Waals surface area contributed by atoms with Crippen molar-refractivity contribution in [2.45, 2.75) is 6.92 Å². The first-order chi connectivity index (χ1) is 12.6. The zero-order chi connectivity index (χ0) is 18.1. The number of hydrogen-bond donors (Lipinski definition) is 1. The van der Waals surface area contributed by atoms with Gasteiger partial charge in [0.1, 0.15) is 0 Å². The second-order valence-electron chi connectivity index (χ2n) is 5.78. The molecule has 0 saturated heterocycles. The summed E-state index contributed by atoms with van der Waals surface area (Å²) in [5, 5.41) is 3.90. The molecular weight excluding hydrogens is 366 g/mol. The van der Waals surface area contributed by atoms with Crippen molar-refractivity contribution in [2.75, 3.05) is 5.32 Å². The van der Waals surface area contributed by atoms with Crippen molar-refractivity contribution in [1.82, 2.24) is 9.97 Å². The van der Waals surface area contributed by atoms with Gasteiger partial charge in [-0.2, -0.15) is 0 Å². The Bertz CT molecular complexity index is 1120. The number of para-hydroxylation sites is 1. The number of benzene rings is 1. The van der Waals surface area contributed by atoms with Crippen molar-refractivity contribution in [2.24, 2.45) is 0 Å². The third-order valence-electron chi connectivity index (χ3n) is 3.96. The van der Waals surface area contributed by atoms with Crippen LogP contribution in [0.1, 0.15) is 15.2 Å². The Kier molecular flexibility index (Phi) is 4.41. The molecule has 1 amide bonds. The Morgan fingerprint density at radius 1 is 1.12 bits per heavy atom. The van der Waals surface area contributed by atoms with Gasteiger partial charge in [-0.05, 0) is 43.3 Å². The molecule has 26 heavy (non-hydrogen) atoms. The highest BCUT2D eigenvalue weighted by Crippen LogP contribution is 2.30. The standard InChI is InChI=1S/C20H14ClN3OS/c1-12-8-9-18(26-12)17-11-14(13-5-2-3-6-15(13)23-17)20(25)24-16-7-4-10-22-19(16)21/h2-11H,1H3,(H,24,25). The fourth-order valence-electron chi connectivity index (χ4n) is 2.73. The number of hydrogen-bond acceptors (Lipinski definition) is 4. The van der Waals surface area contributed by atoms with E-state index in [9.17, 15) is 4.79 Å². The highest BCUT2D eigenvalue weighted by molar-refractivity contribution is 7.15. The highest BCUT2D eigenvalue weighted by atomic mass is 35.5. The number of pyridine rings is 2. The predicted molar refractivity (Wildman–Crippen MR) is 107 cm³/mol. The molecule has 0 aliphatic carbocycles. The third kappa shape index (κ3) is 3.19. The largest absolute Gasteiger partial charge is 0.319 e. The van der Waals surface area contributed by atoms with Crippen LogP contribution in [-0.2, 0) is 0 Å². The van der Waals surface area contributed by atoms with Crippen molar-refractivity contribution in [3.8, 4) is 10.6 Å². The van der Waals surface area contributed by atoms with Crippen LogP contribution in [0.3, 0.4) is 0 Å². The molecular formula is C20H14ClN3OS. The van der Waals surface area contributed by atoms with Gasteiger partial charge < -0.3 is 5.32 Å². The van der Waals surface area contributed by atoms with E-state index in [1.807, 2.05) is 49.4 Å². The molecule has 0 atom stereocenters. The summed E-state index contributed by atoms with van der Waals surface area (Å²) >= 11 is 7.72. The molecule has 0 radical (unpaired) electrons. The Balaban J connectivity index is 1.82. The second kappa shape index (κ2) is 6.86. The number of nitrogens with one attached hydrogen (secondary N) is 1. The minimum atomic E-state index is -0.243. The summed E-state index contributed by atoms with van der Waals surface area (Å²) in [6, 6.07) is 17.0. The van der Waals surface area contributed by atoms with Crippen LogP contribution in [0.15, 0.2) is 60.8 Å². The quantitative estimate of drug-likeness (QED) is 0.473. The summed E-state index contributed by atoms with van der Waals surface area (Å²) in [4.78, 5) is 23.9. The maximum absolute atomic E-state index is 12.9. The van der Waals surface area contributed by atoms with E-state index in [1.165, 1.54) is 4.88 Å². The minimum Gasteiger partial charge on any atom is -0.319 e. The SMILES string of the molecule is Cc1ccc(-c2cc(C(=O)Nc3cccnc3Cl)c3ccccc3n2)s1. The van der Waals surface area contributed by atoms with E-state index in [-0.39, 0.29) is 11.1 Å². The predicted octanol–water partition coefficient (Wildman–Crippen LogP) is 5.57. The van der Waals surface area contributed by atoms with E-state index in [2.05, 4.69) is 10.3 Å². The van der Waals surface area contributed by atoms with Gasteiger partial charge in [0.05, 0.1) is 27.3 Å². The van der Waals surface area contributed by atoms with Crippen LogP contribution in [0.5, 0.6) is 0 Å². The maximum Gasteiger partial charge on any atom is 0.256 e. The van der Waals surface area contributed by atoms with Crippen LogP contribution < -0.4 is 5.32 Å². The van der Waals surface area contributed by atoms with Gasteiger partial charge >= 0.3 is 0 Å². The lowest BCUT2D eigenvalue weighted by Crippen LogP contribution is -2.13. The lowest BCUT2D eigenvalue weighted by molar-refractivity contribution is 0.102. The topological polar surface area (TPSA) is 54.9 Å². The molecule has 0 bridgehead atoms. The van der Waals surface area contributed by atoms with Crippen molar-refractivity contribution in [3.63, 3.8) is 0 Å². The van der Waals surface area contributed by atoms with Gasteiger partial charge in [-0.15, -0.1) is 11.3 Å². The van der Waals surface area contributed by atoms with Crippen LogP contribution in [-0.4, -0.2) is 15.9 Å². The summed E-state index contributed by atoms with van der Waals surface area (Å²) in [6.45, 7) is 2.05. The van der Waals surface area contributed by atoms with E-state index in [4.69, 9.17) is 16.6 Å². The monoisotopic (exact) mass is 379 g/mol. The molecule has 0 unspecified atom stereocenters. The first-order valence-electron chi connectivity index (χ1n) is 8.00. The number of thiophene rings is 1. The molecule has 3 aromatic heterocycles. The van der Waals surface area contributed by atoms with Crippen molar-refractivity contribution < 1.29 is 4.79 Å². The average Bonchev–Trinajstić information content (AvgIpc) is 3.09. The number of rotatable bonds is 3. The van der Waals surface area contributed by atoms with E-state index in [1.54, 1.807) is 29.7 Å². The number of anilines is 1. The van der Waals surface area contributed by atoms with E-state index < -0.39 is 0 Å². The molecule has 0 aliphatic heterocycles. The maximum atomic E-state index is 12.9. The molecule has 0 spiro atoms. The summed E-state index contributed by atoms with van der Waals surface area (Å²) in [5.41, 5.74) is 2.59. The molecule has 4 nitrogen and oxygen atoms in total. The number of amides is 1. The molecule has 4 aromatic rings. The first-order valence-corrected chi connectivity index (χ1v) is 9.20. The van der Waals surface area contributed by atoms with Gasteiger partial charge in [0.25, 0.3) is 5.91 Å². The molecule has 4 rings (SSSR count). The number of aromatic nitrogens is 2. The Morgan fingerprint density at radius 3 is 2.73 bits per heavy atom. The van der Waals surface area contributed by atoms with Gasteiger partial charge in [0.15, 0.2) is 5.15 Å². The van der Waals surface area contributed by atoms with Crippen molar-refractivity contribution >= 4 is 45.4 Å². The van der Waals surface area contributed by atoms with Gasteiger partial charge in [-0.25, -0.2) is 9.97 Å². The van der Waals surface area contributed by atoms with Crippen LogP contribution in [0, 0.1) is 6.92 Å². The number of halogens is 1. The Morgan fingerprint density at radius 2 is 1.96 bits per heavy atom. The molecule has 0 saturated carbocycles. The van der Waals surface area contributed by atoms with E-state index in [0.29, 0.717) is 11.3 Å². The smallest absolute Gasteiger partial charge is 0.256 e. The average molecular weight is 380 g/mol. The third-order valence-corrected chi connectivity index (χ3v) is 5.29. The number of aryl methyl sites for hydroxylation is 1. The molecule has 128 valence electrons. The highest BCUT2D eigenvalue weighted by Gasteiger charge is 2.16. The second-order valence-corrected chi connectivity index (χ2v) is 7.42. The zero-order valence-electron chi connectivity index (χ0n) is 13.9. The molecule has 1 aromatic carbocycles. The number of fused-ring (bicyclic) bond motifs is 1. The molecule has 0 fully saturated rings. The summed E-state index contributed by atoms with van der Waals surface area (Å²) in [5.74, 6) is -0.243. The van der Waals surface area contributed by atoms with Gasteiger partial charge in [-0.3, -0.25) is 4.79 Å². The zero-order valence-corrected chi connectivity index (χ0v) is 15.4. The lowest BCUT2D eigenvalue weighted by atomic mass is 10.1. The Hall–Kier alpha value is -2.76. The molecule has 0 aliphatic rings. The summed E-state index contributed by atoms with van der Waals surface area (Å²) in [7, 11) is 0.